The lowest BCUT2D eigenvalue weighted by molar-refractivity contribution is 0.133. The Morgan fingerprint density at radius 3 is 2.56 bits per heavy atom. The fourth-order valence-electron chi connectivity index (χ4n) is 1.51. The first kappa shape index (κ1) is 15.7. The van der Waals surface area contributed by atoms with Crippen LogP contribution < -0.4 is 4.74 Å². The highest BCUT2D eigenvalue weighted by Crippen LogP contribution is 2.26. The van der Waals surface area contributed by atoms with E-state index < -0.39 is 6.43 Å². The minimum Gasteiger partial charge on any atom is -0.494 e. The van der Waals surface area contributed by atoms with Crippen LogP contribution in [0.3, 0.4) is 0 Å². The summed E-state index contributed by atoms with van der Waals surface area (Å²) in [4.78, 5) is 0. The molecule has 5 heteroatoms. The summed E-state index contributed by atoms with van der Waals surface area (Å²) in [5.74, 6) is 0.732. The predicted molar refractivity (Wildman–Crippen MR) is 73.7 cm³/mol. The van der Waals surface area contributed by atoms with E-state index in [1.165, 1.54) is 0 Å². The molecule has 0 fully saturated rings. The van der Waals surface area contributed by atoms with Crippen molar-refractivity contribution in [2.24, 2.45) is 0 Å². The fraction of sp³-hybridized carbons (Fsp3) is 0.538. The molecule has 102 valence electrons. The Kier molecular flexibility index (Phi) is 7.59. The Morgan fingerprint density at radius 2 is 1.89 bits per heavy atom. The zero-order valence-electron chi connectivity index (χ0n) is 9.97. The molecule has 18 heavy (non-hydrogen) atoms. The minimum atomic E-state index is -2.17. The van der Waals surface area contributed by atoms with Crippen molar-refractivity contribution < 1.29 is 13.5 Å². The lowest BCUT2D eigenvalue weighted by atomic mass is 10.1. The van der Waals surface area contributed by atoms with Crippen molar-refractivity contribution in [3.05, 3.63) is 27.7 Å². The Hall–Kier alpha value is -0.350. The van der Waals surface area contributed by atoms with Crippen LogP contribution in [0.4, 0.5) is 8.78 Å². The maximum Gasteiger partial charge on any atom is 0.238 e. The number of rotatable bonds is 8. The SMILES string of the molecule is FC(F)CCCCCCOc1ccc(Br)c(Cl)c1. The van der Waals surface area contributed by atoms with Gasteiger partial charge in [0.05, 0.1) is 11.6 Å². The molecular formula is C13H16BrClF2O. The zero-order chi connectivity index (χ0) is 13.4. The summed E-state index contributed by atoms with van der Waals surface area (Å²) in [6, 6.07) is 5.43. The van der Waals surface area contributed by atoms with Gasteiger partial charge in [-0.1, -0.05) is 24.4 Å². The smallest absolute Gasteiger partial charge is 0.238 e. The van der Waals surface area contributed by atoms with Crippen molar-refractivity contribution in [1.29, 1.82) is 0 Å². The zero-order valence-corrected chi connectivity index (χ0v) is 12.3. The molecule has 0 aromatic heterocycles. The van der Waals surface area contributed by atoms with Crippen molar-refractivity contribution >= 4 is 27.5 Å². The number of alkyl halides is 2. The lowest BCUT2D eigenvalue weighted by Crippen LogP contribution is -1.97. The van der Waals surface area contributed by atoms with E-state index in [1.807, 2.05) is 12.1 Å². The topological polar surface area (TPSA) is 9.23 Å². The number of halogens is 4. The lowest BCUT2D eigenvalue weighted by Gasteiger charge is -2.07. The van der Waals surface area contributed by atoms with Gasteiger partial charge in [-0.15, -0.1) is 0 Å². The summed E-state index contributed by atoms with van der Waals surface area (Å²) in [6.07, 6.45) is 1.03. The van der Waals surface area contributed by atoms with Crippen LogP contribution in [-0.4, -0.2) is 13.0 Å². The summed E-state index contributed by atoms with van der Waals surface area (Å²) in [5, 5.41) is 0.615. The van der Waals surface area contributed by atoms with Gasteiger partial charge in [-0.3, -0.25) is 0 Å². The van der Waals surface area contributed by atoms with Crippen LogP contribution in [0.2, 0.25) is 5.02 Å². The molecule has 0 atom stereocenters. The third-order valence-corrected chi connectivity index (χ3v) is 3.71. The average Bonchev–Trinajstić information content (AvgIpc) is 2.32. The normalized spacial score (nSPS) is 10.9. The van der Waals surface area contributed by atoms with Gasteiger partial charge < -0.3 is 4.74 Å². The van der Waals surface area contributed by atoms with Crippen LogP contribution >= 0.6 is 27.5 Å². The Balaban J connectivity index is 2.09. The summed E-state index contributed by atoms with van der Waals surface area (Å²) in [7, 11) is 0. The molecule has 0 spiro atoms. The van der Waals surface area contributed by atoms with Gasteiger partial charge in [0.25, 0.3) is 0 Å². The Morgan fingerprint density at radius 1 is 1.17 bits per heavy atom. The molecule has 1 nitrogen and oxygen atoms in total. The second-order valence-electron chi connectivity index (χ2n) is 4.02. The first-order valence-electron chi connectivity index (χ1n) is 5.95. The molecule has 1 rings (SSSR count). The van der Waals surface area contributed by atoms with Gasteiger partial charge in [0.15, 0.2) is 0 Å². The maximum atomic E-state index is 11.9. The monoisotopic (exact) mass is 340 g/mol. The number of ether oxygens (including phenoxy) is 1. The van der Waals surface area contributed by atoms with E-state index in [2.05, 4.69) is 15.9 Å². The summed E-state index contributed by atoms with van der Waals surface area (Å²) in [6.45, 7) is 0.590. The van der Waals surface area contributed by atoms with Crippen LogP contribution in [-0.2, 0) is 0 Å². The van der Waals surface area contributed by atoms with Gasteiger partial charge in [-0.25, -0.2) is 8.78 Å². The number of hydrogen-bond donors (Lipinski definition) is 0. The molecule has 0 unspecified atom stereocenters. The first-order chi connectivity index (χ1) is 8.59. The highest BCUT2D eigenvalue weighted by molar-refractivity contribution is 9.10. The largest absolute Gasteiger partial charge is 0.494 e. The third-order valence-electron chi connectivity index (χ3n) is 2.48. The molecule has 0 aliphatic carbocycles. The molecular weight excluding hydrogens is 325 g/mol. The summed E-state index contributed by atoms with van der Waals surface area (Å²) < 4.78 is 30.1. The van der Waals surface area contributed by atoms with E-state index in [-0.39, 0.29) is 6.42 Å². The van der Waals surface area contributed by atoms with Gasteiger partial charge in [0, 0.05) is 10.9 Å². The molecule has 0 amide bonds. The highest BCUT2D eigenvalue weighted by Gasteiger charge is 2.02. The summed E-state index contributed by atoms with van der Waals surface area (Å²) in [5.41, 5.74) is 0. The van der Waals surface area contributed by atoms with Gasteiger partial charge in [0.2, 0.25) is 6.43 Å². The van der Waals surface area contributed by atoms with Crippen LogP contribution in [0.25, 0.3) is 0 Å². The van der Waals surface area contributed by atoms with E-state index in [0.717, 1.165) is 29.5 Å². The van der Waals surface area contributed by atoms with Crippen molar-refractivity contribution in [1.82, 2.24) is 0 Å². The van der Waals surface area contributed by atoms with Crippen LogP contribution in [0.1, 0.15) is 32.1 Å². The molecule has 0 aliphatic rings. The van der Waals surface area contributed by atoms with Crippen molar-refractivity contribution in [3.63, 3.8) is 0 Å². The Bertz CT molecular complexity index is 361. The molecule has 0 radical (unpaired) electrons. The third kappa shape index (κ3) is 6.55. The molecule has 0 bridgehead atoms. The van der Waals surface area contributed by atoms with Crippen LogP contribution in [0.5, 0.6) is 5.75 Å². The standard InChI is InChI=1S/C13H16BrClF2O/c14-11-7-6-10(9-12(11)15)18-8-4-2-1-3-5-13(16)17/h6-7,9,13H,1-5,8H2. The molecule has 0 N–H and O–H groups in total. The van der Waals surface area contributed by atoms with E-state index >= 15 is 0 Å². The number of benzene rings is 1. The first-order valence-corrected chi connectivity index (χ1v) is 7.12. The minimum absolute atomic E-state index is 0.00315. The van der Waals surface area contributed by atoms with E-state index in [9.17, 15) is 8.78 Å². The van der Waals surface area contributed by atoms with Crippen LogP contribution in [0.15, 0.2) is 22.7 Å². The van der Waals surface area contributed by atoms with Crippen molar-refractivity contribution in [3.8, 4) is 5.75 Å². The summed E-state index contributed by atoms with van der Waals surface area (Å²) >= 11 is 9.23. The van der Waals surface area contributed by atoms with Crippen LogP contribution in [0, 0.1) is 0 Å². The molecule has 0 saturated carbocycles. The maximum absolute atomic E-state index is 11.9. The van der Waals surface area contributed by atoms with Gasteiger partial charge >= 0.3 is 0 Å². The van der Waals surface area contributed by atoms with Gasteiger partial charge in [0.1, 0.15) is 5.75 Å². The molecule has 0 saturated heterocycles. The van der Waals surface area contributed by atoms with E-state index in [4.69, 9.17) is 16.3 Å². The molecule has 0 aliphatic heterocycles. The average molecular weight is 342 g/mol. The van der Waals surface area contributed by atoms with Gasteiger partial charge in [-0.05, 0) is 47.0 Å². The van der Waals surface area contributed by atoms with Crippen molar-refractivity contribution in [2.75, 3.05) is 6.61 Å². The van der Waals surface area contributed by atoms with Crippen molar-refractivity contribution in [2.45, 2.75) is 38.5 Å². The van der Waals surface area contributed by atoms with Gasteiger partial charge in [-0.2, -0.15) is 0 Å². The van der Waals surface area contributed by atoms with E-state index in [1.54, 1.807) is 6.07 Å². The molecule has 1 aromatic carbocycles. The number of unbranched alkanes of at least 4 members (excludes halogenated alkanes) is 3. The molecule has 1 aromatic rings. The second-order valence-corrected chi connectivity index (χ2v) is 5.28. The second kappa shape index (κ2) is 8.70. The Labute approximate surface area is 120 Å². The molecule has 0 heterocycles. The quantitative estimate of drug-likeness (QED) is 0.551. The fourth-order valence-corrected chi connectivity index (χ4v) is 1.93. The predicted octanol–water partition coefficient (Wildman–Crippen LogP) is 5.70. The van der Waals surface area contributed by atoms with E-state index in [0.29, 0.717) is 18.1 Å². The highest BCUT2D eigenvalue weighted by atomic mass is 79.9. The number of hydrogen-bond acceptors (Lipinski definition) is 1.